The van der Waals surface area contributed by atoms with Crippen molar-refractivity contribution in [2.75, 3.05) is 51.4 Å². The van der Waals surface area contributed by atoms with Gasteiger partial charge in [0.25, 0.3) is 0 Å². The Hall–Kier alpha value is -9.31. The number of hydrogen-bond acceptors (Lipinski definition) is 23. The minimum atomic E-state index is -2.36. The quantitative estimate of drug-likeness (QED) is 0.00969. The van der Waals surface area contributed by atoms with Crippen LogP contribution in [0.3, 0.4) is 0 Å². The van der Waals surface area contributed by atoms with E-state index in [0.717, 1.165) is 21.6 Å². The number of amides is 7. The zero-order chi connectivity index (χ0) is 79.1. The highest BCUT2D eigenvalue weighted by molar-refractivity contribution is 8.76. The van der Waals surface area contributed by atoms with E-state index in [9.17, 15) is 53.4 Å². The number of esters is 3. The number of methoxy groups -OCH3 is 1. The molecule has 0 spiro atoms. The number of fused-ring (bicyclic) bond motifs is 5. The number of Topliss-reactive ketones (excluding diaryl/α,β-unsaturated/α-hetero) is 1. The number of unbranched alkanes of at least 4 members (excludes halogenated alkanes) is 1. The van der Waals surface area contributed by atoms with E-state index in [2.05, 4.69) is 36.9 Å². The van der Waals surface area contributed by atoms with E-state index in [1.807, 2.05) is 13.8 Å². The van der Waals surface area contributed by atoms with Crippen molar-refractivity contribution in [3.8, 4) is 0 Å². The first-order valence-electron chi connectivity index (χ1n) is 35.9. The van der Waals surface area contributed by atoms with Gasteiger partial charge in [-0.3, -0.25) is 43.3 Å². The number of hydrogen-bond donors (Lipinski definition) is 10. The number of nitrogens with one attached hydrogen (secondary N) is 6. The second-order valence-electron chi connectivity index (χ2n) is 29.3. The van der Waals surface area contributed by atoms with Crippen molar-refractivity contribution in [2.45, 2.75) is 191 Å². The molecule has 15 atom stereocenters. The topological polar surface area (TPSA) is 450 Å². The molecule has 7 amide bonds. The Morgan fingerprint density at radius 3 is 2.05 bits per heavy atom. The standard InChI is InChI=1S/C75H100N10O21S2/c1-11-12-31-85(32-33-107-108-40-52-65(94)81-49(29-22-30-78-68(76)77)62(91)79-39-54(87)80-51(37-55(88)89)64(93)82-50(63(92)83-52)35-44-23-16-13-17-24-44)70(98)103-58(56(45-25-18-14-19-26-45)84-69(97)106-71(4,5)6)67(96)102-47-36-48-57(100-10)60(90)73(9)42(2)34-53-74(41-101-53,105-43(3)86)59(73)61(75(99,38-47)72(48,7)8)104-66(95)46-27-20-15-21-28-46/h13-21,23-28,36,42,47,49-53,56-59,61,99H,11-12,22,29-35,37-41H2,1-10H3,(H,79,91)(H,80,87)(H,81,94)(H,82,93)(H,83,92)(H,84,97)(H,88,89)(H4,76,77,78)/t42-,47?,49-,50+,51-,52-,53+,56-,57+,58+,59-,61-,73+,74-,75+/m0/s1. The van der Waals surface area contributed by atoms with Crippen LogP contribution in [0.5, 0.6) is 0 Å². The molecule has 0 radical (unpaired) electrons. The highest BCUT2D eigenvalue weighted by Crippen LogP contribution is 2.65. The van der Waals surface area contributed by atoms with Crippen LogP contribution in [0.15, 0.2) is 108 Å². The van der Waals surface area contributed by atoms with E-state index in [1.54, 1.807) is 120 Å². The van der Waals surface area contributed by atoms with Gasteiger partial charge in [-0.05, 0) is 87.3 Å². The summed E-state index contributed by atoms with van der Waals surface area (Å²) in [4.78, 5) is 177. The van der Waals surface area contributed by atoms with E-state index in [1.165, 1.54) is 37.1 Å². The molecule has 12 N–H and O–H groups in total. The molecule has 1 unspecified atom stereocenters. The van der Waals surface area contributed by atoms with Gasteiger partial charge in [0.2, 0.25) is 35.6 Å². The molecule has 3 aromatic rings. The maximum absolute atomic E-state index is 15.9. The summed E-state index contributed by atoms with van der Waals surface area (Å²) in [6.07, 6.45) is -8.69. The minimum absolute atomic E-state index is 0.0322. The first kappa shape index (κ1) is 84.3. The summed E-state index contributed by atoms with van der Waals surface area (Å²) in [7, 11) is 3.53. The molecule has 4 fully saturated rings. The number of nitrogens with two attached hydrogens (primary N) is 2. The second-order valence-corrected chi connectivity index (χ2v) is 31.9. The number of alkyl carbamates (subject to hydrolysis) is 1. The number of ether oxygens (including phenoxy) is 7. The molecule has 3 aliphatic carbocycles. The van der Waals surface area contributed by atoms with Gasteiger partial charge < -0.3 is 91.6 Å². The summed E-state index contributed by atoms with van der Waals surface area (Å²) in [6.45, 7) is 13.7. The lowest BCUT2D eigenvalue weighted by molar-refractivity contribution is -0.340. The second kappa shape index (κ2) is 36.7. The number of rotatable bonds is 27. The Morgan fingerprint density at radius 2 is 1.44 bits per heavy atom. The number of nitrogens with zero attached hydrogens (tertiary/aromatic N) is 2. The molecule has 33 heteroatoms. The van der Waals surface area contributed by atoms with Gasteiger partial charge in [0.05, 0.1) is 31.1 Å². The fraction of sp³-hybridized carbons (Fsp3) is 0.560. The molecule has 2 heterocycles. The molecule has 31 nitrogen and oxygen atoms in total. The summed E-state index contributed by atoms with van der Waals surface area (Å²) < 4.78 is 43.8. The lowest BCUT2D eigenvalue weighted by Crippen LogP contribution is -2.80. The van der Waals surface area contributed by atoms with Crippen molar-refractivity contribution in [1.29, 1.82) is 0 Å². The Bertz CT molecular complexity index is 3830. The summed E-state index contributed by atoms with van der Waals surface area (Å²) in [5.41, 5.74) is 3.79. The number of aliphatic hydroxyl groups is 1. The monoisotopic (exact) mass is 1540 g/mol. The first-order valence-corrected chi connectivity index (χ1v) is 38.4. The molecular weight excluding hydrogens is 1440 g/mol. The van der Waals surface area contributed by atoms with Crippen molar-refractivity contribution in [1.82, 2.24) is 36.8 Å². The molecule has 2 aliphatic heterocycles. The number of carbonyl (C=O) groups is 12. The van der Waals surface area contributed by atoms with Crippen LogP contribution in [-0.4, -0.2) is 215 Å². The summed E-state index contributed by atoms with van der Waals surface area (Å²) in [5.74, 6) is -11.8. The number of ketones is 1. The molecular formula is C75H100N10O21S2. The normalized spacial score (nSPS) is 27.6. The number of carbonyl (C=O) groups excluding carboxylic acids is 11. The van der Waals surface area contributed by atoms with Crippen molar-refractivity contribution in [2.24, 2.45) is 39.1 Å². The van der Waals surface area contributed by atoms with Crippen molar-refractivity contribution < 1.29 is 101 Å². The number of aliphatic imine (C=N–C) groups is 1. The van der Waals surface area contributed by atoms with Crippen LogP contribution in [0.4, 0.5) is 9.59 Å². The molecule has 2 saturated carbocycles. The van der Waals surface area contributed by atoms with Crippen LogP contribution in [0, 0.1) is 22.7 Å². The van der Waals surface area contributed by atoms with Gasteiger partial charge in [0, 0.05) is 68.8 Å². The SMILES string of the molecule is CCCCN(CCSSC[C@@H]1NC(=O)[C@@H](Cc2ccccc2)NC(=O)[C@H](CC(=O)O)NC(=O)CNC(=O)[C@H](CCCN=C(N)N)NC1=O)C(=O)O[C@@H](C(=O)OC1C=C2[C@@H](OC)C(=O)[C@@]3(C)[C@H]([C@H](OC(=O)c4ccccc4)[C@](O)(C1)C2(C)C)[C@]1(OC(C)=O)CO[C@@H]1C[C@@H]3C)[C@@H](NC(=O)OC(C)(C)C)c1ccccc1. The molecule has 5 aliphatic rings. The predicted octanol–water partition coefficient (Wildman–Crippen LogP) is 4.27. The Morgan fingerprint density at radius 1 is 0.806 bits per heavy atom. The molecule has 588 valence electrons. The van der Waals surface area contributed by atoms with E-state index < -0.39 is 191 Å². The van der Waals surface area contributed by atoms with E-state index in [0.29, 0.717) is 18.4 Å². The van der Waals surface area contributed by atoms with E-state index in [4.69, 9.17) is 44.6 Å². The van der Waals surface area contributed by atoms with Gasteiger partial charge in [-0.2, -0.15) is 0 Å². The predicted molar refractivity (Wildman–Crippen MR) is 396 cm³/mol. The third-order valence-electron chi connectivity index (χ3n) is 20.4. The maximum atomic E-state index is 15.9. The molecule has 8 rings (SSSR count). The third-order valence-corrected chi connectivity index (χ3v) is 22.8. The highest BCUT2D eigenvalue weighted by atomic mass is 33.1. The Labute approximate surface area is 634 Å². The number of carboxylic acids is 1. The van der Waals surface area contributed by atoms with Gasteiger partial charge in [-0.25, -0.2) is 19.2 Å². The van der Waals surface area contributed by atoms with Crippen LogP contribution in [0.2, 0.25) is 0 Å². The average molecular weight is 1540 g/mol. The van der Waals surface area contributed by atoms with Crippen LogP contribution in [0.25, 0.3) is 0 Å². The molecule has 2 bridgehead atoms. The van der Waals surface area contributed by atoms with Crippen LogP contribution in [-0.2, 0) is 82.7 Å². The Balaban J connectivity index is 1.12. The minimum Gasteiger partial charge on any atom is -0.481 e. The van der Waals surface area contributed by atoms with Crippen LogP contribution >= 0.6 is 21.6 Å². The lowest BCUT2D eigenvalue weighted by atomic mass is 9.43. The first-order chi connectivity index (χ1) is 51.1. The van der Waals surface area contributed by atoms with E-state index in [-0.39, 0.29) is 86.1 Å². The fourth-order valence-electron chi connectivity index (χ4n) is 14.6. The number of aliphatic carboxylic acids is 1. The van der Waals surface area contributed by atoms with Crippen molar-refractivity contribution in [3.05, 3.63) is 119 Å². The zero-order valence-corrected chi connectivity index (χ0v) is 63.9. The van der Waals surface area contributed by atoms with Crippen molar-refractivity contribution >= 4 is 98.9 Å². The molecule has 0 aromatic heterocycles. The number of carboxylic acid groups (broad SMARTS) is 1. The fourth-order valence-corrected chi connectivity index (χ4v) is 16.7. The van der Waals surface area contributed by atoms with Gasteiger partial charge in [0.1, 0.15) is 65.8 Å². The maximum Gasteiger partial charge on any atom is 0.410 e. The number of guanidine groups is 1. The molecule has 3 aromatic carbocycles. The third kappa shape index (κ3) is 20.3. The Kier molecular flexibility index (Phi) is 28.7. The molecule has 108 heavy (non-hydrogen) atoms. The summed E-state index contributed by atoms with van der Waals surface area (Å²) >= 11 is 0. The van der Waals surface area contributed by atoms with Crippen LogP contribution < -0.4 is 43.4 Å². The zero-order valence-electron chi connectivity index (χ0n) is 62.3. The highest BCUT2D eigenvalue weighted by Gasteiger charge is 2.77. The summed E-state index contributed by atoms with van der Waals surface area (Å²) in [6, 6.07) is 16.9. The number of benzene rings is 3. The van der Waals surface area contributed by atoms with Gasteiger partial charge >= 0.3 is 36.1 Å². The van der Waals surface area contributed by atoms with Crippen molar-refractivity contribution in [3.63, 3.8) is 0 Å². The average Bonchev–Trinajstić information content (AvgIpc) is 0.671. The molecule has 2 saturated heterocycles. The van der Waals surface area contributed by atoms with Gasteiger partial charge in [0.15, 0.2) is 17.3 Å². The van der Waals surface area contributed by atoms with Gasteiger partial charge in [-0.15, -0.1) is 0 Å². The van der Waals surface area contributed by atoms with Gasteiger partial charge in [-0.1, -0.05) is 141 Å². The summed E-state index contributed by atoms with van der Waals surface area (Å²) in [5, 5.41) is 39.3. The lowest BCUT2D eigenvalue weighted by Gasteiger charge is -2.67. The largest absolute Gasteiger partial charge is 0.481 e. The van der Waals surface area contributed by atoms with E-state index >= 15 is 14.4 Å². The smallest absolute Gasteiger partial charge is 0.410 e. The van der Waals surface area contributed by atoms with Crippen LogP contribution in [0.1, 0.15) is 135 Å².